The average molecular weight is 1570 g/mol. The first-order valence-corrected chi connectivity index (χ1v) is 44.2. The maximum atomic E-state index is 6.38. The van der Waals surface area contributed by atoms with Crippen molar-refractivity contribution in [1.29, 1.82) is 0 Å². The van der Waals surface area contributed by atoms with E-state index >= 15 is 0 Å². The highest BCUT2D eigenvalue weighted by atomic mass is 16.7. The molecule has 0 saturated carbocycles. The van der Waals surface area contributed by atoms with Gasteiger partial charge in [0.05, 0.1) is 42.7 Å². The Morgan fingerprint density at radius 3 is 0.438 bits per heavy atom. The van der Waals surface area contributed by atoms with Gasteiger partial charge in [0.25, 0.3) is 0 Å². The summed E-state index contributed by atoms with van der Waals surface area (Å²) in [5, 5.41) is 13.4. The number of aromatic nitrogens is 6. The van der Waals surface area contributed by atoms with Gasteiger partial charge in [0.1, 0.15) is 0 Å². The van der Waals surface area contributed by atoms with Crippen LogP contribution in [0.4, 0.5) is 35.7 Å². The SMILES string of the molecule is CCCCN(c1nc(N(CCCC)C2CC(C)(C)N(OC)C(C)(C)C2)nc(N(CCCCCCN(c2nc(N(CCCC)C3CC(C)(C)N(OC)C(C)(C)C3)nc(N(CCCC)C3CC(C)(C)N(OC)C(C)(C)C3)n2)C2CC(C)(C)N(OC)C(C)(C)C2)C2CC(C)(C)N(OC)C(C)(C)C2)n1)C1CC(C)(C)N(OC)C(C)(C)C1. The van der Waals surface area contributed by atoms with Crippen LogP contribution in [0.2, 0.25) is 0 Å². The number of hydroxylamine groups is 12. The van der Waals surface area contributed by atoms with Crippen molar-refractivity contribution in [3.05, 3.63) is 0 Å². The van der Waals surface area contributed by atoms with Crippen molar-refractivity contribution < 1.29 is 29.0 Å². The largest absolute Gasteiger partial charge is 0.337 e. The zero-order valence-electron chi connectivity index (χ0n) is 78.2. The van der Waals surface area contributed by atoms with E-state index in [2.05, 4.69) is 254 Å². The Hall–Kier alpha value is -3.66. The van der Waals surface area contributed by atoms with Crippen LogP contribution in [0.25, 0.3) is 0 Å². The van der Waals surface area contributed by atoms with Gasteiger partial charge in [0.2, 0.25) is 35.7 Å². The molecule has 6 saturated heterocycles. The molecular formula is C88H168N18O6. The van der Waals surface area contributed by atoms with Crippen molar-refractivity contribution in [2.75, 3.05) is 111 Å². The zero-order chi connectivity index (χ0) is 83.6. The van der Waals surface area contributed by atoms with Gasteiger partial charge in [0.15, 0.2) is 0 Å². The lowest BCUT2D eigenvalue weighted by Gasteiger charge is -2.56. The van der Waals surface area contributed by atoms with Gasteiger partial charge in [-0.15, -0.1) is 0 Å². The summed E-state index contributed by atoms with van der Waals surface area (Å²) in [7, 11) is 11.0. The second-order valence-electron chi connectivity index (χ2n) is 42.4. The quantitative estimate of drug-likeness (QED) is 0.0584. The van der Waals surface area contributed by atoms with Gasteiger partial charge in [-0.2, -0.15) is 60.3 Å². The van der Waals surface area contributed by atoms with Gasteiger partial charge < -0.3 is 58.4 Å². The second kappa shape index (κ2) is 36.5. The predicted octanol–water partition coefficient (Wildman–Crippen LogP) is 17.9. The van der Waals surface area contributed by atoms with Gasteiger partial charge in [-0.1, -0.05) is 66.2 Å². The lowest BCUT2D eigenvalue weighted by atomic mass is 9.78. The standard InChI is InChI=1S/C88H168N18O6/c1-35-39-47-95(65-53-77(5,6)101(107-29)78(7,8)54-65)71-89-72(96(48-40-36-2)66-55-79(9,10)102(108-30)80(11,12)56-66)92-75(91-71)99(69-61-85(21,22)105(111-33)86(23,24)62-69)51-45-43-44-46-52-100(70-63-87(25,26)106(112-34)88(27,28)64-70)76-93-73(97(49-41-37-3)67-57-81(13,14)103(109-31)82(15,16)58-67)90-74(94-76)98(50-42-38-4)68-59-83(17,18)104(110-32)84(19,20)60-68/h65-70H,35-64H2,1-34H3. The van der Waals surface area contributed by atoms with E-state index in [-0.39, 0.29) is 103 Å². The van der Waals surface area contributed by atoms with Crippen LogP contribution in [0.5, 0.6) is 0 Å². The number of rotatable bonds is 37. The van der Waals surface area contributed by atoms with E-state index in [0.29, 0.717) is 0 Å². The Morgan fingerprint density at radius 1 is 0.214 bits per heavy atom. The first-order valence-electron chi connectivity index (χ1n) is 44.2. The fourth-order valence-corrected chi connectivity index (χ4v) is 23.9. The van der Waals surface area contributed by atoms with Crippen molar-refractivity contribution in [3.8, 4) is 0 Å². The molecule has 112 heavy (non-hydrogen) atoms. The molecule has 0 aromatic carbocycles. The minimum absolute atomic E-state index is 0.0915. The van der Waals surface area contributed by atoms with Gasteiger partial charge in [-0.05, 0) is 282 Å². The summed E-state index contributed by atoms with van der Waals surface area (Å²) in [6.07, 6.45) is 22.8. The van der Waals surface area contributed by atoms with Crippen molar-refractivity contribution in [2.45, 2.75) is 451 Å². The van der Waals surface area contributed by atoms with Crippen LogP contribution in [0.15, 0.2) is 0 Å². The van der Waals surface area contributed by atoms with Crippen LogP contribution in [0.3, 0.4) is 0 Å². The van der Waals surface area contributed by atoms with E-state index in [1.807, 2.05) is 42.7 Å². The second-order valence-corrected chi connectivity index (χ2v) is 42.4. The molecule has 2 aromatic rings. The highest BCUT2D eigenvalue weighted by Gasteiger charge is 2.56. The summed E-state index contributed by atoms with van der Waals surface area (Å²) in [6.45, 7) is 70.4. The summed E-state index contributed by atoms with van der Waals surface area (Å²) in [5.41, 5.74) is -3.28. The summed E-state index contributed by atoms with van der Waals surface area (Å²) >= 11 is 0. The van der Waals surface area contributed by atoms with E-state index < -0.39 is 0 Å². The van der Waals surface area contributed by atoms with E-state index in [0.717, 1.165) is 229 Å². The molecule has 0 N–H and O–H groups in total. The zero-order valence-corrected chi connectivity index (χ0v) is 78.2. The minimum Gasteiger partial charge on any atom is -0.337 e. The fraction of sp³-hybridized carbons (Fsp3) is 0.932. The van der Waals surface area contributed by atoms with Crippen LogP contribution in [0, 0.1) is 0 Å². The highest BCUT2D eigenvalue weighted by molar-refractivity contribution is 5.51. The van der Waals surface area contributed by atoms with Crippen LogP contribution < -0.4 is 29.4 Å². The van der Waals surface area contributed by atoms with Crippen LogP contribution >= 0.6 is 0 Å². The molecule has 6 fully saturated rings. The summed E-state index contributed by atoms with van der Waals surface area (Å²) in [4.78, 5) is 89.1. The molecule has 0 unspecified atom stereocenters. The van der Waals surface area contributed by atoms with Crippen molar-refractivity contribution >= 4 is 35.7 Å². The Labute approximate surface area is 683 Å². The molecule has 24 heteroatoms. The number of hydrogen-bond donors (Lipinski definition) is 0. The molecule has 0 bridgehead atoms. The van der Waals surface area contributed by atoms with Crippen LogP contribution in [-0.4, -0.2) is 245 Å². The van der Waals surface area contributed by atoms with Crippen molar-refractivity contribution in [3.63, 3.8) is 0 Å². The number of hydrogen-bond acceptors (Lipinski definition) is 24. The number of anilines is 6. The third-order valence-electron chi connectivity index (χ3n) is 26.5. The molecule has 0 radical (unpaired) electrons. The van der Waals surface area contributed by atoms with Gasteiger partial charge in [0, 0.05) is 142 Å². The lowest BCUT2D eigenvalue weighted by Crippen LogP contribution is -2.64. The molecule has 24 nitrogen and oxygen atoms in total. The first kappa shape index (κ1) is 93.8. The summed E-state index contributed by atoms with van der Waals surface area (Å²) in [5.74, 6) is 4.69. The molecule has 0 amide bonds. The van der Waals surface area contributed by atoms with E-state index in [9.17, 15) is 0 Å². The smallest absolute Gasteiger partial charge is 0.232 e. The average Bonchev–Trinajstić information content (AvgIpc) is 0.761. The summed E-state index contributed by atoms with van der Waals surface area (Å²) in [6, 6.07) is 0.767. The van der Waals surface area contributed by atoms with Crippen LogP contribution in [0.1, 0.15) is 348 Å². The van der Waals surface area contributed by atoms with E-state index in [1.165, 1.54) is 0 Å². The predicted molar refractivity (Wildman–Crippen MR) is 462 cm³/mol. The van der Waals surface area contributed by atoms with E-state index in [1.54, 1.807) is 0 Å². The Kier molecular flexibility index (Phi) is 30.6. The first-order chi connectivity index (χ1) is 52.0. The summed E-state index contributed by atoms with van der Waals surface area (Å²) < 4.78 is 0. The molecule has 8 rings (SSSR count). The lowest BCUT2D eigenvalue weighted by molar-refractivity contribution is -0.266. The molecule has 6 aliphatic heterocycles. The maximum Gasteiger partial charge on any atom is 0.232 e. The van der Waals surface area contributed by atoms with Gasteiger partial charge in [-0.3, -0.25) is 0 Å². The van der Waals surface area contributed by atoms with Crippen molar-refractivity contribution in [1.82, 2.24) is 60.3 Å². The molecule has 0 aliphatic carbocycles. The van der Waals surface area contributed by atoms with Gasteiger partial charge >= 0.3 is 0 Å². The monoisotopic (exact) mass is 1570 g/mol. The Balaban J connectivity index is 1.27. The van der Waals surface area contributed by atoms with Gasteiger partial charge in [-0.25, -0.2) is 0 Å². The van der Waals surface area contributed by atoms with Crippen molar-refractivity contribution in [2.24, 2.45) is 0 Å². The number of piperidine rings is 6. The molecular weight excluding hydrogens is 1410 g/mol. The third-order valence-corrected chi connectivity index (χ3v) is 26.5. The van der Waals surface area contributed by atoms with E-state index in [4.69, 9.17) is 58.9 Å². The molecule has 0 spiro atoms. The maximum absolute atomic E-state index is 6.38. The Bertz CT molecular complexity index is 2820. The number of nitrogens with zero attached hydrogens (tertiary/aromatic N) is 18. The third kappa shape index (κ3) is 20.9. The molecule has 2 aromatic heterocycles. The normalized spacial score (nSPS) is 24.5. The fourth-order valence-electron chi connectivity index (χ4n) is 23.9. The van der Waals surface area contributed by atoms with Crippen LogP contribution in [-0.2, 0) is 29.0 Å². The Morgan fingerprint density at radius 2 is 0.330 bits per heavy atom. The molecule has 6 aliphatic rings. The molecule has 0 atom stereocenters. The number of unbranched alkanes of at least 4 members (excludes halogenated alkanes) is 7. The molecule has 8 heterocycles. The molecule has 646 valence electrons. The minimum atomic E-state index is -0.304. The highest BCUT2D eigenvalue weighted by Crippen LogP contribution is 2.50. The topological polar surface area (TPSA) is 172 Å².